The lowest BCUT2D eigenvalue weighted by Crippen LogP contribution is -2.40. The van der Waals surface area contributed by atoms with Gasteiger partial charge in [0.15, 0.2) is 0 Å². The first-order valence-corrected chi connectivity index (χ1v) is 8.25. The van der Waals surface area contributed by atoms with Crippen molar-refractivity contribution in [1.82, 2.24) is 10.3 Å². The second-order valence-corrected chi connectivity index (χ2v) is 5.68. The van der Waals surface area contributed by atoms with Crippen LogP contribution in [0.5, 0.6) is 5.75 Å². The molecule has 0 aliphatic carbocycles. The van der Waals surface area contributed by atoms with E-state index in [1.165, 1.54) is 0 Å². The summed E-state index contributed by atoms with van der Waals surface area (Å²) >= 11 is 0. The van der Waals surface area contributed by atoms with E-state index in [1.54, 1.807) is 36.7 Å². The largest absolute Gasteiger partial charge is 0.489 e. The molecule has 6 nitrogen and oxygen atoms in total. The Morgan fingerprint density at radius 1 is 1.28 bits per heavy atom. The Balaban J connectivity index is 1.99. The number of carbonyl (C=O) groups excluding carboxylic acids is 1. The van der Waals surface area contributed by atoms with Crippen molar-refractivity contribution in [1.29, 1.82) is 0 Å². The third kappa shape index (κ3) is 5.91. The van der Waals surface area contributed by atoms with E-state index >= 15 is 0 Å². The zero-order valence-corrected chi connectivity index (χ0v) is 14.1. The lowest BCUT2D eigenvalue weighted by atomic mass is 10.1. The number of rotatable bonds is 9. The predicted octanol–water partition coefficient (Wildman–Crippen LogP) is 3.03. The highest BCUT2D eigenvalue weighted by molar-refractivity contribution is 5.96. The van der Waals surface area contributed by atoms with Gasteiger partial charge in [-0.25, -0.2) is 4.79 Å². The number of hydrogen-bond acceptors (Lipinski definition) is 4. The average molecular weight is 342 g/mol. The van der Waals surface area contributed by atoms with Crippen molar-refractivity contribution < 1.29 is 19.4 Å². The Morgan fingerprint density at radius 2 is 2.12 bits per heavy atom. The second-order valence-electron chi connectivity index (χ2n) is 5.68. The molecule has 0 saturated carbocycles. The van der Waals surface area contributed by atoms with Crippen LogP contribution in [0.1, 0.15) is 42.1 Å². The monoisotopic (exact) mass is 342 g/mol. The van der Waals surface area contributed by atoms with Gasteiger partial charge in [-0.15, -0.1) is 0 Å². The van der Waals surface area contributed by atoms with Crippen molar-refractivity contribution in [3.05, 3.63) is 59.9 Å². The first-order chi connectivity index (χ1) is 12.1. The maximum absolute atomic E-state index is 12.3. The molecule has 0 radical (unpaired) electrons. The van der Waals surface area contributed by atoms with Gasteiger partial charge < -0.3 is 15.2 Å². The fourth-order valence-corrected chi connectivity index (χ4v) is 2.28. The van der Waals surface area contributed by atoms with Crippen LogP contribution in [-0.2, 0) is 11.4 Å². The number of carboxylic acids is 1. The number of benzene rings is 1. The van der Waals surface area contributed by atoms with Crippen LogP contribution in [0.15, 0.2) is 48.8 Å². The molecule has 1 aromatic carbocycles. The van der Waals surface area contributed by atoms with Crippen LogP contribution < -0.4 is 10.1 Å². The molecule has 1 amide bonds. The molecule has 0 spiro atoms. The van der Waals surface area contributed by atoms with Crippen LogP contribution in [-0.4, -0.2) is 28.0 Å². The Labute approximate surface area is 146 Å². The standard InChI is InChI=1S/C19H22N2O4/c1-2-3-9-17(19(23)24)21-18(22)15-7-4-8-16(11-15)25-13-14-6-5-10-20-12-14/h4-8,10-12,17H,2-3,9,13H2,1H3,(H,21,22)(H,23,24). The third-order valence-electron chi connectivity index (χ3n) is 3.67. The van der Waals surface area contributed by atoms with E-state index < -0.39 is 17.9 Å². The quantitative estimate of drug-likeness (QED) is 0.731. The van der Waals surface area contributed by atoms with Gasteiger partial charge in [0.05, 0.1) is 0 Å². The Bertz CT molecular complexity index is 704. The van der Waals surface area contributed by atoms with Crippen LogP contribution in [0.4, 0.5) is 0 Å². The fourth-order valence-electron chi connectivity index (χ4n) is 2.28. The Morgan fingerprint density at radius 3 is 2.80 bits per heavy atom. The summed E-state index contributed by atoms with van der Waals surface area (Å²) in [7, 11) is 0. The highest BCUT2D eigenvalue weighted by Gasteiger charge is 2.20. The van der Waals surface area contributed by atoms with Gasteiger partial charge in [0, 0.05) is 23.5 Å². The molecule has 1 aromatic heterocycles. The fraction of sp³-hybridized carbons (Fsp3) is 0.316. The number of unbranched alkanes of at least 4 members (excludes halogenated alkanes) is 1. The predicted molar refractivity (Wildman–Crippen MR) is 93.4 cm³/mol. The second kappa shape index (κ2) is 9.42. The van der Waals surface area contributed by atoms with Gasteiger partial charge >= 0.3 is 5.97 Å². The molecule has 2 rings (SSSR count). The summed E-state index contributed by atoms with van der Waals surface area (Å²) < 4.78 is 5.66. The van der Waals surface area contributed by atoms with Crippen molar-refractivity contribution in [2.45, 2.75) is 38.8 Å². The molecule has 2 aromatic rings. The Hall–Kier alpha value is -2.89. The number of hydrogen-bond donors (Lipinski definition) is 2. The first kappa shape index (κ1) is 18.4. The SMILES string of the molecule is CCCCC(NC(=O)c1cccc(OCc2cccnc2)c1)C(=O)O. The molecule has 0 aliphatic heterocycles. The number of nitrogens with one attached hydrogen (secondary N) is 1. The van der Waals surface area contributed by atoms with E-state index in [1.807, 2.05) is 19.1 Å². The molecule has 0 aliphatic rings. The summed E-state index contributed by atoms with van der Waals surface area (Å²) in [5, 5.41) is 11.8. The van der Waals surface area contributed by atoms with Crippen molar-refractivity contribution in [2.24, 2.45) is 0 Å². The summed E-state index contributed by atoms with van der Waals surface area (Å²) in [6, 6.07) is 9.52. The molecule has 2 N–H and O–H groups in total. The van der Waals surface area contributed by atoms with Gasteiger partial charge in [-0.3, -0.25) is 9.78 Å². The van der Waals surface area contributed by atoms with Crippen LogP contribution in [0.25, 0.3) is 0 Å². The van der Waals surface area contributed by atoms with E-state index in [2.05, 4.69) is 10.3 Å². The minimum Gasteiger partial charge on any atom is -0.489 e. The van der Waals surface area contributed by atoms with Crippen molar-refractivity contribution in [2.75, 3.05) is 0 Å². The molecular weight excluding hydrogens is 320 g/mol. The third-order valence-corrected chi connectivity index (χ3v) is 3.67. The summed E-state index contributed by atoms with van der Waals surface area (Å²) in [4.78, 5) is 27.6. The molecule has 25 heavy (non-hydrogen) atoms. The number of carboxylic acid groups (broad SMARTS) is 1. The summed E-state index contributed by atoms with van der Waals surface area (Å²) in [6.07, 6.45) is 5.42. The number of ether oxygens (including phenoxy) is 1. The number of aliphatic carboxylic acids is 1. The minimum atomic E-state index is -1.02. The highest BCUT2D eigenvalue weighted by Crippen LogP contribution is 2.15. The lowest BCUT2D eigenvalue weighted by Gasteiger charge is -2.14. The van der Waals surface area contributed by atoms with Crippen LogP contribution in [0.2, 0.25) is 0 Å². The number of aromatic nitrogens is 1. The van der Waals surface area contributed by atoms with Gasteiger partial charge in [0.2, 0.25) is 0 Å². The lowest BCUT2D eigenvalue weighted by molar-refractivity contribution is -0.139. The molecular formula is C19H22N2O4. The van der Waals surface area contributed by atoms with Crippen molar-refractivity contribution in [3.8, 4) is 5.75 Å². The van der Waals surface area contributed by atoms with Crippen LogP contribution in [0.3, 0.4) is 0 Å². The van der Waals surface area contributed by atoms with Gasteiger partial charge in [-0.2, -0.15) is 0 Å². The zero-order valence-electron chi connectivity index (χ0n) is 14.1. The van der Waals surface area contributed by atoms with E-state index in [-0.39, 0.29) is 0 Å². The number of nitrogens with zero attached hydrogens (tertiary/aromatic N) is 1. The molecule has 0 bridgehead atoms. The van der Waals surface area contributed by atoms with E-state index in [0.717, 1.165) is 18.4 Å². The first-order valence-electron chi connectivity index (χ1n) is 8.25. The van der Waals surface area contributed by atoms with Crippen LogP contribution >= 0.6 is 0 Å². The van der Waals surface area contributed by atoms with E-state index in [9.17, 15) is 14.7 Å². The molecule has 1 atom stereocenters. The number of carbonyl (C=O) groups is 2. The minimum absolute atomic E-state index is 0.340. The van der Waals surface area contributed by atoms with Gasteiger partial charge in [-0.05, 0) is 30.7 Å². The van der Waals surface area contributed by atoms with Crippen LogP contribution in [0, 0.1) is 0 Å². The van der Waals surface area contributed by atoms with Gasteiger partial charge in [0.25, 0.3) is 5.91 Å². The van der Waals surface area contributed by atoms with E-state index in [0.29, 0.717) is 24.3 Å². The summed E-state index contributed by atoms with van der Waals surface area (Å²) in [5.74, 6) is -0.905. The molecule has 1 heterocycles. The topological polar surface area (TPSA) is 88.5 Å². The number of pyridine rings is 1. The smallest absolute Gasteiger partial charge is 0.326 e. The maximum Gasteiger partial charge on any atom is 0.326 e. The summed E-state index contributed by atoms with van der Waals surface area (Å²) in [5.41, 5.74) is 1.29. The van der Waals surface area contributed by atoms with Gasteiger partial charge in [-0.1, -0.05) is 31.9 Å². The average Bonchev–Trinajstić information content (AvgIpc) is 2.64. The summed E-state index contributed by atoms with van der Waals surface area (Å²) in [6.45, 7) is 2.32. The maximum atomic E-state index is 12.3. The highest BCUT2D eigenvalue weighted by atomic mass is 16.5. The number of amides is 1. The molecule has 1 unspecified atom stereocenters. The van der Waals surface area contributed by atoms with E-state index in [4.69, 9.17) is 4.74 Å². The normalized spacial score (nSPS) is 11.6. The van der Waals surface area contributed by atoms with Crippen molar-refractivity contribution in [3.63, 3.8) is 0 Å². The molecule has 0 saturated heterocycles. The zero-order chi connectivity index (χ0) is 18.1. The molecule has 0 fully saturated rings. The van der Waals surface area contributed by atoms with Gasteiger partial charge in [0.1, 0.15) is 18.4 Å². The van der Waals surface area contributed by atoms with Crippen molar-refractivity contribution >= 4 is 11.9 Å². The molecule has 132 valence electrons. The Kier molecular flexibility index (Phi) is 6.95. The molecule has 6 heteroatoms.